The second-order valence-corrected chi connectivity index (χ2v) is 1.98. The van der Waals surface area contributed by atoms with E-state index in [1.165, 1.54) is 11.8 Å². The van der Waals surface area contributed by atoms with E-state index in [4.69, 9.17) is 0 Å². The lowest BCUT2D eigenvalue weighted by atomic mass is 10.5. The van der Waals surface area contributed by atoms with Gasteiger partial charge in [0.1, 0.15) is 6.54 Å². The Morgan fingerprint density at radius 2 is 2.44 bits per heavy atom. The topological polar surface area (TPSA) is 49.4 Å². The molecule has 50 valence electrons. The highest BCUT2D eigenvalue weighted by atomic mass is 16.2. The average molecular weight is 128 g/mol. The van der Waals surface area contributed by atoms with E-state index < -0.39 is 0 Å². The molecule has 1 aliphatic heterocycles. The van der Waals surface area contributed by atoms with Gasteiger partial charge in [-0.15, -0.1) is 0 Å². The van der Waals surface area contributed by atoms with Gasteiger partial charge in [-0.1, -0.05) is 0 Å². The zero-order valence-electron chi connectivity index (χ0n) is 5.18. The Kier molecular flexibility index (Phi) is 1.38. The first kappa shape index (κ1) is 6.07. The molecule has 1 aliphatic rings. The Labute approximate surface area is 52.8 Å². The fraction of sp³-hybridized carbons (Fsp3) is 0.600. The smallest absolute Gasteiger partial charge is 0.241 e. The van der Waals surface area contributed by atoms with Crippen LogP contribution < -0.4 is 5.32 Å². The van der Waals surface area contributed by atoms with E-state index in [0.717, 1.165) is 0 Å². The number of hydrogen-bond donors (Lipinski definition) is 1. The number of carbonyl (C=O) groups excluding carboxylic acids is 2. The maximum Gasteiger partial charge on any atom is 0.241 e. The monoisotopic (exact) mass is 128 g/mol. The van der Waals surface area contributed by atoms with Crippen molar-refractivity contribution in [3.8, 4) is 0 Å². The lowest BCUT2D eigenvalue weighted by molar-refractivity contribution is -0.129. The third kappa shape index (κ3) is 1.19. The molecule has 0 aliphatic carbocycles. The molecule has 0 aromatic rings. The largest absolute Gasteiger partial charge is 0.337 e. The SMILES string of the molecule is CC(=O)N1CNC(=O)C1. The van der Waals surface area contributed by atoms with Gasteiger partial charge in [0.15, 0.2) is 0 Å². The van der Waals surface area contributed by atoms with Gasteiger partial charge in [0, 0.05) is 6.92 Å². The van der Waals surface area contributed by atoms with Gasteiger partial charge in [0.2, 0.25) is 11.8 Å². The fourth-order valence-electron chi connectivity index (χ4n) is 0.691. The molecule has 9 heavy (non-hydrogen) atoms. The maximum absolute atomic E-state index is 10.5. The molecule has 1 fully saturated rings. The Hall–Kier alpha value is -1.06. The molecule has 4 nitrogen and oxygen atoms in total. The van der Waals surface area contributed by atoms with E-state index in [-0.39, 0.29) is 18.4 Å². The van der Waals surface area contributed by atoms with Crippen LogP contribution in [0.15, 0.2) is 0 Å². The molecule has 0 bridgehead atoms. The van der Waals surface area contributed by atoms with Crippen molar-refractivity contribution >= 4 is 11.8 Å². The van der Waals surface area contributed by atoms with Crippen LogP contribution in [0.2, 0.25) is 0 Å². The van der Waals surface area contributed by atoms with Gasteiger partial charge in [-0.3, -0.25) is 9.59 Å². The van der Waals surface area contributed by atoms with Crippen LogP contribution >= 0.6 is 0 Å². The number of hydrogen-bond acceptors (Lipinski definition) is 2. The van der Waals surface area contributed by atoms with Crippen LogP contribution in [0.3, 0.4) is 0 Å². The number of rotatable bonds is 0. The van der Waals surface area contributed by atoms with Crippen LogP contribution in [0.5, 0.6) is 0 Å². The lowest BCUT2D eigenvalue weighted by Crippen LogP contribution is -2.26. The standard InChI is InChI=1S/C5H8N2O2/c1-4(8)7-2-5(9)6-3-7/h2-3H2,1H3,(H,6,9). The van der Waals surface area contributed by atoms with Crippen molar-refractivity contribution in [2.24, 2.45) is 0 Å². The molecule has 0 radical (unpaired) electrons. The summed E-state index contributed by atoms with van der Waals surface area (Å²) in [6.45, 7) is 2.03. The minimum absolute atomic E-state index is 0.0617. The molecule has 0 aromatic carbocycles. The number of nitrogens with one attached hydrogen (secondary N) is 1. The van der Waals surface area contributed by atoms with E-state index in [1.54, 1.807) is 0 Å². The second kappa shape index (κ2) is 2.05. The van der Waals surface area contributed by atoms with Crippen molar-refractivity contribution in [3.63, 3.8) is 0 Å². The highest BCUT2D eigenvalue weighted by Gasteiger charge is 2.19. The summed E-state index contributed by atoms with van der Waals surface area (Å²) in [6, 6.07) is 0. The molecule has 0 atom stereocenters. The Morgan fingerprint density at radius 3 is 2.67 bits per heavy atom. The van der Waals surface area contributed by atoms with Crippen LogP contribution in [0.25, 0.3) is 0 Å². The zero-order valence-corrected chi connectivity index (χ0v) is 5.18. The van der Waals surface area contributed by atoms with Gasteiger partial charge in [-0.05, 0) is 0 Å². The third-order valence-corrected chi connectivity index (χ3v) is 1.25. The van der Waals surface area contributed by atoms with Gasteiger partial charge in [0.05, 0.1) is 6.67 Å². The number of amides is 2. The van der Waals surface area contributed by atoms with Gasteiger partial charge < -0.3 is 10.2 Å². The summed E-state index contributed by atoms with van der Waals surface area (Å²) >= 11 is 0. The van der Waals surface area contributed by atoms with Crippen LogP contribution in [-0.4, -0.2) is 29.9 Å². The summed E-state index contributed by atoms with van der Waals surface area (Å²) in [4.78, 5) is 22.4. The zero-order chi connectivity index (χ0) is 6.85. The minimum Gasteiger partial charge on any atom is -0.337 e. The van der Waals surface area contributed by atoms with Crippen molar-refractivity contribution in [1.29, 1.82) is 0 Å². The lowest BCUT2D eigenvalue weighted by Gasteiger charge is -2.07. The third-order valence-electron chi connectivity index (χ3n) is 1.25. The van der Waals surface area contributed by atoms with E-state index in [0.29, 0.717) is 6.67 Å². The molecule has 2 amide bonds. The van der Waals surface area contributed by atoms with Crippen LogP contribution in [0.4, 0.5) is 0 Å². The number of carbonyl (C=O) groups is 2. The Balaban J connectivity index is 2.48. The second-order valence-electron chi connectivity index (χ2n) is 1.98. The fourth-order valence-corrected chi connectivity index (χ4v) is 0.691. The Morgan fingerprint density at radius 1 is 1.78 bits per heavy atom. The molecule has 0 spiro atoms. The van der Waals surface area contributed by atoms with Crippen molar-refractivity contribution < 1.29 is 9.59 Å². The van der Waals surface area contributed by atoms with E-state index in [9.17, 15) is 9.59 Å². The van der Waals surface area contributed by atoms with Crippen molar-refractivity contribution in [2.75, 3.05) is 13.2 Å². The summed E-state index contributed by atoms with van der Waals surface area (Å²) in [5, 5.41) is 2.52. The highest BCUT2D eigenvalue weighted by Crippen LogP contribution is 1.92. The first-order chi connectivity index (χ1) is 4.20. The molecule has 0 saturated carbocycles. The van der Waals surface area contributed by atoms with Crippen LogP contribution in [0, 0.1) is 0 Å². The van der Waals surface area contributed by atoms with Gasteiger partial charge in [-0.25, -0.2) is 0 Å². The van der Waals surface area contributed by atoms with Crippen molar-refractivity contribution in [3.05, 3.63) is 0 Å². The molecule has 4 heteroatoms. The summed E-state index contributed by atoms with van der Waals surface area (Å²) < 4.78 is 0. The molecular formula is C5H8N2O2. The molecular weight excluding hydrogens is 120 g/mol. The summed E-state index contributed by atoms with van der Waals surface area (Å²) in [5.74, 6) is -0.140. The predicted octanol–water partition coefficient (Wildman–Crippen LogP) is -1.08. The number of nitrogens with zero attached hydrogens (tertiary/aromatic N) is 1. The molecule has 1 heterocycles. The molecule has 0 unspecified atom stereocenters. The average Bonchev–Trinajstić information content (AvgIpc) is 2.14. The molecule has 1 rings (SSSR count). The van der Waals surface area contributed by atoms with Crippen LogP contribution in [0.1, 0.15) is 6.92 Å². The predicted molar refractivity (Wildman–Crippen MR) is 30.4 cm³/mol. The highest BCUT2D eigenvalue weighted by molar-refractivity contribution is 5.86. The Bertz CT molecular complexity index is 155. The molecule has 1 N–H and O–H groups in total. The molecule has 0 aromatic heterocycles. The van der Waals surface area contributed by atoms with E-state index in [1.807, 2.05) is 0 Å². The quantitative estimate of drug-likeness (QED) is 0.451. The molecule has 1 saturated heterocycles. The van der Waals surface area contributed by atoms with Crippen LogP contribution in [-0.2, 0) is 9.59 Å². The van der Waals surface area contributed by atoms with Crippen molar-refractivity contribution in [1.82, 2.24) is 10.2 Å². The van der Waals surface area contributed by atoms with E-state index >= 15 is 0 Å². The summed E-state index contributed by atoms with van der Waals surface area (Å²) in [7, 11) is 0. The minimum atomic E-state index is -0.0785. The van der Waals surface area contributed by atoms with E-state index in [2.05, 4.69) is 5.32 Å². The van der Waals surface area contributed by atoms with Gasteiger partial charge in [-0.2, -0.15) is 0 Å². The van der Waals surface area contributed by atoms with Gasteiger partial charge >= 0.3 is 0 Å². The van der Waals surface area contributed by atoms with Crippen molar-refractivity contribution in [2.45, 2.75) is 6.92 Å². The summed E-state index contributed by atoms with van der Waals surface area (Å²) in [5.41, 5.74) is 0. The maximum atomic E-state index is 10.5. The summed E-state index contributed by atoms with van der Waals surface area (Å²) in [6.07, 6.45) is 0. The normalized spacial score (nSPS) is 17.9. The van der Waals surface area contributed by atoms with Gasteiger partial charge in [0.25, 0.3) is 0 Å². The first-order valence-electron chi connectivity index (χ1n) is 2.72. The first-order valence-corrected chi connectivity index (χ1v) is 2.72.